The Morgan fingerprint density at radius 2 is 2.20 bits per heavy atom. The largest absolute Gasteiger partial charge is 0.396 e. The second kappa shape index (κ2) is 8.64. The molecule has 0 bridgehead atoms. The number of hydrogen-bond acceptors (Lipinski definition) is 4. The van der Waals surface area contributed by atoms with Crippen molar-refractivity contribution in [2.45, 2.75) is 39.2 Å². The lowest BCUT2D eigenvalue weighted by Crippen LogP contribution is -2.49. The highest BCUT2D eigenvalue weighted by atomic mass is 16.3. The van der Waals surface area contributed by atoms with Crippen molar-refractivity contribution in [3.8, 4) is 0 Å². The fourth-order valence-electron chi connectivity index (χ4n) is 1.66. The highest BCUT2D eigenvalue weighted by Crippen LogP contribution is 2.07. The Bertz CT molecular complexity index is 176. The number of amides is 1. The average Bonchev–Trinajstić information content (AvgIpc) is 2.27. The number of nitrogens with one attached hydrogen (secondary N) is 1. The minimum absolute atomic E-state index is 0.142. The Morgan fingerprint density at radius 3 is 2.60 bits per heavy atom. The van der Waals surface area contributed by atoms with Gasteiger partial charge in [-0.05, 0) is 19.4 Å². The van der Waals surface area contributed by atoms with Gasteiger partial charge in [-0.1, -0.05) is 20.3 Å². The molecule has 5 heteroatoms. The SMILES string of the molecule is CCCC(C(=O)NN)N(CC)CCCO. The molecule has 1 unspecified atom stereocenters. The van der Waals surface area contributed by atoms with Crippen molar-refractivity contribution in [2.24, 2.45) is 5.84 Å². The number of aliphatic hydroxyl groups is 1. The number of aliphatic hydroxyl groups excluding tert-OH is 1. The monoisotopic (exact) mass is 217 g/mol. The highest BCUT2D eigenvalue weighted by Gasteiger charge is 2.22. The summed E-state index contributed by atoms with van der Waals surface area (Å²) in [5.41, 5.74) is 2.20. The lowest BCUT2D eigenvalue weighted by Gasteiger charge is -2.28. The molecule has 0 fully saturated rings. The first kappa shape index (κ1) is 14.3. The van der Waals surface area contributed by atoms with Gasteiger partial charge in [0.25, 0.3) is 5.91 Å². The van der Waals surface area contributed by atoms with Crippen molar-refractivity contribution in [3.05, 3.63) is 0 Å². The van der Waals surface area contributed by atoms with Gasteiger partial charge in [0.1, 0.15) is 0 Å². The van der Waals surface area contributed by atoms with Crippen molar-refractivity contribution >= 4 is 5.91 Å². The molecule has 1 atom stereocenters. The summed E-state index contributed by atoms with van der Waals surface area (Å²) in [7, 11) is 0. The number of likely N-dealkylation sites (N-methyl/N-ethyl adjacent to an activating group) is 1. The van der Waals surface area contributed by atoms with E-state index in [4.69, 9.17) is 10.9 Å². The smallest absolute Gasteiger partial charge is 0.251 e. The van der Waals surface area contributed by atoms with E-state index in [0.717, 1.165) is 25.9 Å². The lowest BCUT2D eigenvalue weighted by atomic mass is 10.1. The van der Waals surface area contributed by atoms with E-state index >= 15 is 0 Å². The maximum atomic E-state index is 11.5. The molecule has 0 aromatic carbocycles. The first-order chi connectivity index (χ1) is 7.21. The van der Waals surface area contributed by atoms with Gasteiger partial charge in [-0.15, -0.1) is 0 Å². The molecule has 0 aliphatic carbocycles. The van der Waals surface area contributed by atoms with Crippen LogP contribution in [-0.4, -0.2) is 41.7 Å². The lowest BCUT2D eigenvalue weighted by molar-refractivity contribution is -0.126. The Labute approximate surface area is 91.6 Å². The summed E-state index contributed by atoms with van der Waals surface area (Å²) in [4.78, 5) is 13.6. The number of carbonyl (C=O) groups is 1. The van der Waals surface area contributed by atoms with Crippen LogP contribution in [0.5, 0.6) is 0 Å². The summed E-state index contributed by atoms with van der Waals surface area (Å²) in [6.45, 7) is 5.71. The second-order valence-corrected chi connectivity index (χ2v) is 3.52. The molecule has 0 spiro atoms. The zero-order valence-corrected chi connectivity index (χ0v) is 9.70. The van der Waals surface area contributed by atoms with E-state index < -0.39 is 0 Å². The zero-order chi connectivity index (χ0) is 11.7. The molecule has 15 heavy (non-hydrogen) atoms. The molecule has 0 aliphatic heterocycles. The molecule has 5 nitrogen and oxygen atoms in total. The number of nitrogens with two attached hydrogens (primary N) is 1. The molecule has 1 amide bonds. The van der Waals surface area contributed by atoms with Crippen LogP contribution in [0.3, 0.4) is 0 Å². The third kappa shape index (κ3) is 5.11. The first-order valence-corrected chi connectivity index (χ1v) is 5.56. The average molecular weight is 217 g/mol. The van der Waals surface area contributed by atoms with Crippen LogP contribution in [0.2, 0.25) is 0 Å². The number of hydrogen-bond donors (Lipinski definition) is 3. The van der Waals surface area contributed by atoms with Gasteiger partial charge in [0.15, 0.2) is 0 Å². The van der Waals surface area contributed by atoms with E-state index in [9.17, 15) is 4.79 Å². The predicted octanol–water partition coefficient (Wildman–Crippen LogP) is -0.151. The summed E-state index contributed by atoms with van der Waals surface area (Å²) in [5, 5.41) is 8.77. The molecule has 0 aromatic heterocycles. The Kier molecular flexibility index (Phi) is 8.27. The van der Waals surface area contributed by atoms with E-state index in [2.05, 4.69) is 5.43 Å². The maximum Gasteiger partial charge on any atom is 0.251 e. The molecule has 90 valence electrons. The highest BCUT2D eigenvalue weighted by molar-refractivity contribution is 5.81. The Hall–Kier alpha value is -0.650. The van der Waals surface area contributed by atoms with Gasteiger partial charge < -0.3 is 5.11 Å². The molecule has 0 rings (SSSR count). The maximum absolute atomic E-state index is 11.5. The Morgan fingerprint density at radius 1 is 1.53 bits per heavy atom. The van der Waals surface area contributed by atoms with Crippen LogP contribution in [-0.2, 0) is 4.79 Å². The molecular formula is C10H23N3O2. The second-order valence-electron chi connectivity index (χ2n) is 3.52. The third-order valence-electron chi connectivity index (χ3n) is 2.46. The summed E-state index contributed by atoms with van der Waals surface area (Å²) in [6.07, 6.45) is 2.42. The zero-order valence-electron chi connectivity index (χ0n) is 9.70. The van der Waals surface area contributed by atoms with Crippen LogP contribution in [0.1, 0.15) is 33.1 Å². The molecule has 4 N–H and O–H groups in total. The third-order valence-corrected chi connectivity index (χ3v) is 2.46. The van der Waals surface area contributed by atoms with E-state index in [1.165, 1.54) is 0 Å². The van der Waals surface area contributed by atoms with Crippen LogP contribution >= 0.6 is 0 Å². The summed E-state index contributed by atoms with van der Waals surface area (Å²) < 4.78 is 0. The molecule has 0 saturated heterocycles. The van der Waals surface area contributed by atoms with Gasteiger partial charge in [0, 0.05) is 13.2 Å². The van der Waals surface area contributed by atoms with Crippen molar-refractivity contribution in [1.29, 1.82) is 0 Å². The minimum atomic E-state index is -0.170. The summed E-state index contributed by atoms with van der Waals surface area (Å²) in [6, 6.07) is -0.170. The van der Waals surface area contributed by atoms with Crippen LogP contribution < -0.4 is 11.3 Å². The van der Waals surface area contributed by atoms with Gasteiger partial charge in [0.05, 0.1) is 6.04 Å². The number of rotatable bonds is 8. The number of carbonyl (C=O) groups excluding carboxylic acids is 1. The van der Waals surface area contributed by atoms with E-state index in [-0.39, 0.29) is 18.6 Å². The van der Waals surface area contributed by atoms with Crippen LogP contribution in [0.15, 0.2) is 0 Å². The van der Waals surface area contributed by atoms with E-state index in [0.29, 0.717) is 6.42 Å². The molecule has 0 saturated carbocycles. The van der Waals surface area contributed by atoms with Gasteiger partial charge in [-0.2, -0.15) is 0 Å². The molecule has 0 heterocycles. The molecule has 0 aliphatic rings. The van der Waals surface area contributed by atoms with Gasteiger partial charge >= 0.3 is 0 Å². The van der Waals surface area contributed by atoms with Gasteiger partial charge in [-0.3, -0.25) is 15.1 Å². The van der Waals surface area contributed by atoms with E-state index in [1.807, 2.05) is 18.7 Å². The molecular weight excluding hydrogens is 194 g/mol. The van der Waals surface area contributed by atoms with Crippen molar-refractivity contribution in [3.63, 3.8) is 0 Å². The minimum Gasteiger partial charge on any atom is -0.396 e. The number of hydrazine groups is 1. The summed E-state index contributed by atoms with van der Waals surface area (Å²) in [5.74, 6) is 5.01. The van der Waals surface area contributed by atoms with Crippen molar-refractivity contribution < 1.29 is 9.90 Å². The Balaban J connectivity index is 4.32. The van der Waals surface area contributed by atoms with Crippen molar-refractivity contribution in [2.75, 3.05) is 19.7 Å². The normalized spacial score (nSPS) is 12.9. The number of nitrogens with zero attached hydrogens (tertiary/aromatic N) is 1. The van der Waals surface area contributed by atoms with Crippen LogP contribution in [0.25, 0.3) is 0 Å². The van der Waals surface area contributed by atoms with Crippen molar-refractivity contribution in [1.82, 2.24) is 10.3 Å². The van der Waals surface area contributed by atoms with Crippen LogP contribution in [0.4, 0.5) is 0 Å². The summed E-state index contributed by atoms with van der Waals surface area (Å²) >= 11 is 0. The standard InChI is InChI=1S/C10H23N3O2/c1-3-6-9(10(15)12-11)13(4-2)7-5-8-14/h9,14H,3-8,11H2,1-2H3,(H,12,15). The van der Waals surface area contributed by atoms with Gasteiger partial charge in [-0.25, -0.2) is 5.84 Å². The quantitative estimate of drug-likeness (QED) is 0.300. The fourth-order valence-corrected chi connectivity index (χ4v) is 1.66. The van der Waals surface area contributed by atoms with E-state index in [1.54, 1.807) is 0 Å². The molecule has 0 aromatic rings. The first-order valence-electron chi connectivity index (χ1n) is 5.56. The predicted molar refractivity (Wildman–Crippen MR) is 60.0 cm³/mol. The fraction of sp³-hybridized carbons (Fsp3) is 0.900. The van der Waals surface area contributed by atoms with Crippen LogP contribution in [0, 0.1) is 0 Å². The topological polar surface area (TPSA) is 78.6 Å². The molecule has 0 radical (unpaired) electrons. The van der Waals surface area contributed by atoms with Gasteiger partial charge in [0.2, 0.25) is 0 Å².